The number of rotatable bonds is 5. The van der Waals surface area contributed by atoms with Crippen LogP contribution in [0.4, 0.5) is 4.39 Å². The third kappa shape index (κ3) is 3.74. The molecule has 0 aromatic heterocycles. The van der Waals surface area contributed by atoms with Gasteiger partial charge in [-0.1, -0.05) is 36.4 Å². The number of hydrogen-bond acceptors (Lipinski definition) is 4. The first kappa shape index (κ1) is 18.0. The lowest BCUT2D eigenvalue weighted by Crippen LogP contribution is -2.49. The Morgan fingerprint density at radius 1 is 1.20 bits per heavy atom. The van der Waals surface area contributed by atoms with Gasteiger partial charge in [0, 0.05) is 13.7 Å². The van der Waals surface area contributed by atoms with E-state index in [-0.39, 0.29) is 24.7 Å². The molecule has 0 unspecified atom stereocenters. The summed E-state index contributed by atoms with van der Waals surface area (Å²) in [6.45, 7) is 0.708. The lowest BCUT2D eigenvalue weighted by molar-refractivity contribution is -0.0745. The van der Waals surface area contributed by atoms with Crippen molar-refractivity contribution < 1.29 is 22.3 Å². The molecule has 1 aliphatic heterocycles. The minimum absolute atomic E-state index is 0.0634. The van der Waals surface area contributed by atoms with E-state index in [0.717, 1.165) is 11.6 Å². The lowest BCUT2D eigenvalue weighted by atomic mass is 10.0. The van der Waals surface area contributed by atoms with Crippen molar-refractivity contribution in [2.75, 3.05) is 26.9 Å². The predicted molar refractivity (Wildman–Crippen MR) is 91.1 cm³/mol. The lowest BCUT2D eigenvalue weighted by Gasteiger charge is -2.40. The molecule has 7 heteroatoms. The van der Waals surface area contributed by atoms with Gasteiger partial charge in [0.2, 0.25) is 10.0 Å². The summed E-state index contributed by atoms with van der Waals surface area (Å²) in [7, 11) is -2.33. The van der Waals surface area contributed by atoms with Gasteiger partial charge in [-0.15, -0.1) is 0 Å². The highest BCUT2D eigenvalue weighted by Gasteiger charge is 2.40. The molecule has 0 bridgehead atoms. The van der Waals surface area contributed by atoms with Gasteiger partial charge >= 0.3 is 0 Å². The van der Waals surface area contributed by atoms with Crippen molar-refractivity contribution in [3.63, 3.8) is 0 Å². The largest absolute Gasteiger partial charge is 0.382 e. The first-order chi connectivity index (χ1) is 12.0. The first-order valence-electron chi connectivity index (χ1n) is 7.97. The maximum Gasteiger partial charge on any atom is 0.243 e. The van der Waals surface area contributed by atoms with E-state index < -0.39 is 28.0 Å². The molecule has 0 saturated carbocycles. The van der Waals surface area contributed by atoms with Gasteiger partial charge in [0.25, 0.3) is 0 Å². The summed E-state index contributed by atoms with van der Waals surface area (Å²) in [5.41, 5.74) is 0.809. The van der Waals surface area contributed by atoms with Crippen LogP contribution in [-0.4, -0.2) is 45.7 Å². The number of methoxy groups -OCH3 is 1. The number of nitrogens with zero attached hydrogens (tertiary/aromatic N) is 1. The quantitative estimate of drug-likeness (QED) is 0.817. The molecular formula is C18H20FNO4S. The second-order valence-electron chi connectivity index (χ2n) is 5.79. The van der Waals surface area contributed by atoms with E-state index in [0.29, 0.717) is 0 Å². The van der Waals surface area contributed by atoms with Crippen molar-refractivity contribution in [1.82, 2.24) is 4.31 Å². The summed E-state index contributed by atoms with van der Waals surface area (Å²) >= 11 is 0. The van der Waals surface area contributed by atoms with Crippen LogP contribution in [0.25, 0.3) is 0 Å². The summed E-state index contributed by atoms with van der Waals surface area (Å²) in [6.07, 6.45) is -0.440. The molecule has 0 amide bonds. The van der Waals surface area contributed by atoms with Crippen molar-refractivity contribution in [3.8, 4) is 0 Å². The molecule has 25 heavy (non-hydrogen) atoms. The summed E-state index contributed by atoms with van der Waals surface area (Å²) in [5, 5.41) is 0. The topological polar surface area (TPSA) is 55.8 Å². The van der Waals surface area contributed by atoms with Crippen LogP contribution in [0, 0.1) is 5.82 Å². The first-order valence-corrected chi connectivity index (χ1v) is 9.41. The van der Waals surface area contributed by atoms with Crippen LogP contribution in [0.2, 0.25) is 0 Å². The van der Waals surface area contributed by atoms with E-state index in [1.807, 2.05) is 30.3 Å². The third-order valence-corrected chi connectivity index (χ3v) is 6.06. The van der Waals surface area contributed by atoms with E-state index in [2.05, 4.69) is 0 Å². The number of ether oxygens (including phenoxy) is 2. The molecule has 1 aliphatic rings. The molecule has 1 saturated heterocycles. The van der Waals surface area contributed by atoms with Crippen LogP contribution < -0.4 is 0 Å². The highest BCUT2D eigenvalue weighted by molar-refractivity contribution is 7.89. The van der Waals surface area contributed by atoms with Gasteiger partial charge in [0.15, 0.2) is 0 Å². The molecule has 0 N–H and O–H groups in total. The van der Waals surface area contributed by atoms with E-state index in [4.69, 9.17) is 9.47 Å². The van der Waals surface area contributed by atoms with Gasteiger partial charge in [0.05, 0.1) is 24.2 Å². The van der Waals surface area contributed by atoms with Crippen LogP contribution in [0.3, 0.4) is 0 Å². The van der Waals surface area contributed by atoms with E-state index in [1.165, 1.54) is 22.5 Å². The van der Waals surface area contributed by atoms with Gasteiger partial charge in [0.1, 0.15) is 11.9 Å². The molecular weight excluding hydrogens is 345 g/mol. The summed E-state index contributed by atoms with van der Waals surface area (Å²) < 4.78 is 52.2. The number of benzene rings is 2. The van der Waals surface area contributed by atoms with Crippen LogP contribution in [-0.2, 0) is 19.5 Å². The number of halogens is 1. The fourth-order valence-electron chi connectivity index (χ4n) is 3.08. The van der Waals surface area contributed by atoms with E-state index in [1.54, 1.807) is 7.11 Å². The smallest absolute Gasteiger partial charge is 0.243 e. The molecule has 2 aromatic rings. The summed E-state index contributed by atoms with van der Waals surface area (Å²) in [5.74, 6) is -0.584. The normalized spacial score (nSPS) is 22.0. The Morgan fingerprint density at radius 3 is 2.64 bits per heavy atom. The van der Waals surface area contributed by atoms with Crippen molar-refractivity contribution >= 4 is 10.0 Å². The van der Waals surface area contributed by atoms with Gasteiger partial charge < -0.3 is 9.47 Å². The van der Waals surface area contributed by atoms with E-state index in [9.17, 15) is 12.8 Å². The Hall–Kier alpha value is -1.80. The minimum atomic E-state index is -3.88. The number of hydrogen-bond donors (Lipinski definition) is 0. The standard InChI is InChI=1S/C18H20FNO4S/c1-23-13-17-18(14-6-3-2-4-7-14)20(10-11-24-17)25(21,22)16-9-5-8-15(19)12-16/h2-9,12,17-18H,10-11,13H2,1H3/t17-,18-/m0/s1. The van der Waals surface area contributed by atoms with Gasteiger partial charge in [-0.25, -0.2) is 12.8 Å². The predicted octanol–water partition coefficient (Wildman–Crippen LogP) is 2.60. The SMILES string of the molecule is COC[C@@H]1OCCN(S(=O)(=O)c2cccc(F)c2)[C@H]1c1ccccc1. The average Bonchev–Trinajstić information content (AvgIpc) is 2.62. The zero-order chi connectivity index (χ0) is 17.9. The van der Waals surface area contributed by atoms with Crippen LogP contribution in [0.5, 0.6) is 0 Å². The van der Waals surface area contributed by atoms with Crippen LogP contribution >= 0.6 is 0 Å². The zero-order valence-corrected chi connectivity index (χ0v) is 14.7. The maximum atomic E-state index is 13.6. The van der Waals surface area contributed by atoms with Gasteiger partial charge in [-0.3, -0.25) is 0 Å². The Morgan fingerprint density at radius 2 is 1.96 bits per heavy atom. The summed E-state index contributed by atoms with van der Waals surface area (Å²) in [4.78, 5) is -0.0634. The summed E-state index contributed by atoms with van der Waals surface area (Å²) in [6, 6.07) is 13.8. The Balaban J connectivity index is 2.05. The molecule has 1 fully saturated rings. The zero-order valence-electron chi connectivity index (χ0n) is 13.8. The van der Waals surface area contributed by atoms with Gasteiger partial charge in [-0.05, 0) is 23.8 Å². The number of morpholine rings is 1. The number of sulfonamides is 1. The van der Waals surface area contributed by atoms with Crippen molar-refractivity contribution in [1.29, 1.82) is 0 Å². The second kappa shape index (κ2) is 7.61. The highest BCUT2D eigenvalue weighted by Crippen LogP contribution is 2.34. The molecule has 0 spiro atoms. The van der Waals surface area contributed by atoms with Gasteiger partial charge in [-0.2, -0.15) is 4.31 Å². The van der Waals surface area contributed by atoms with Crippen LogP contribution in [0.1, 0.15) is 11.6 Å². The molecule has 1 heterocycles. The molecule has 0 radical (unpaired) electrons. The fourth-order valence-corrected chi connectivity index (χ4v) is 4.73. The average molecular weight is 365 g/mol. The molecule has 2 aromatic carbocycles. The molecule has 5 nitrogen and oxygen atoms in total. The highest BCUT2D eigenvalue weighted by atomic mass is 32.2. The maximum absolute atomic E-state index is 13.6. The Kier molecular flexibility index (Phi) is 5.48. The fraction of sp³-hybridized carbons (Fsp3) is 0.333. The van der Waals surface area contributed by atoms with E-state index >= 15 is 0 Å². The second-order valence-corrected chi connectivity index (χ2v) is 7.68. The molecule has 2 atom stereocenters. The Labute approximate surface area is 147 Å². The van der Waals surface area contributed by atoms with Crippen molar-refractivity contribution in [3.05, 3.63) is 66.0 Å². The molecule has 0 aliphatic carbocycles. The Bertz CT molecular complexity index is 811. The monoisotopic (exact) mass is 365 g/mol. The molecule has 134 valence electrons. The third-order valence-electron chi connectivity index (χ3n) is 4.18. The van der Waals surface area contributed by atoms with Crippen molar-refractivity contribution in [2.45, 2.75) is 17.0 Å². The van der Waals surface area contributed by atoms with Crippen LogP contribution in [0.15, 0.2) is 59.5 Å². The van der Waals surface area contributed by atoms with Crippen molar-refractivity contribution in [2.24, 2.45) is 0 Å². The minimum Gasteiger partial charge on any atom is -0.382 e. The molecule has 3 rings (SSSR count).